The van der Waals surface area contributed by atoms with E-state index in [2.05, 4.69) is 36.5 Å². The summed E-state index contributed by atoms with van der Waals surface area (Å²) in [5.74, 6) is 0. The fourth-order valence-electron chi connectivity index (χ4n) is 2.12. The smallest absolute Gasteiger partial charge is 0.269 e. The molecule has 2 N–H and O–H groups in total. The summed E-state index contributed by atoms with van der Waals surface area (Å²) in [6.07, 6.45) is 3.65. The third kappa shape index (κ3) is 5.02. The molecular formula is C16H21N5O2S. The van der Waals surface area contributed by atoms with Crippen molar-refractivity contribution in [1.29, 1.82) is 0 Å². The molecule has 0 radical (unpaired) electrons. The van der Waals surface area contributed by atoms with Crippen molar-refractivity contribution in [3.05, 3.63) is 52.8 Å². The van der Waals surface area contributed by atoms with Crippen molar-refractivity contribution in [3.63, 3.8) is 0 Å². The summed E-state index contributed by atoms with van der Waals surface area (Å²) in [7, 11) is 0. The minimum absolute atomic E-state index is 0.0346. The lowest BCUT2D eigenvalue weighted by molar-refractivity contribution is -0.384. The summed E-state index contributed by atoms with van der Waals surface area (Å²) < 4.78 is 1.86. The summed E-state index contributed by atoms with van der Waals surface area (Å²) in [5, 5.41) is 21.8. The zero-order valence-corrected chi connectivity index (χ0v) is 14.7. The van der Waals surface area contributed by atoms with Crippen LogP contribution in [0.4, 0.5) is 11.4 Å². The number of aromatic nitrogens is 2. The molecule has 0 saturated heterocycles. The average molecular weight is 347 g/mol. The van der Waals surface area contributed by atoms with E-state index in [1.54, 1.807) is 18.3 Å². The number of nitrogens with one attached hydrogen (secondary N) is 2. The summed E-state index contributed by atoms with van der Waals surface area (Å²) in [5.41, 5.74) is 0.711. The van der Waals surface area contributed by atoms with E-state index in [-0.39, 0.29) is 17.1 Å². The Labute approximate surface area is 146 Å². The predicted octanol–water partition coefficient (Wildman–Crippen LogP) is 3.19. The van der Waals surface area contributed by atoms with Crippen LogP contribution in [-0.2, 0) is 6.54 Å². The Bertz CT molecular complexity index is 692. The standard InChI is InChI=1S/C16H21N5O2S/c1-16(2,3)14(11-20-10-4-9-17-20)19-15(24)18-12-5-7-13(8-6-12)21(22)23/h4-10,14H,11H2,1-3H3,(H2,18,19,24). The summed E-state index contributed by atoms with van der Waals surface area (Å²) >= 11 is 5.38. The lowest BCUT2D eigenvalue weighted by Crippen LogP contribution is -2.48. The lowest BCUT2D eigenvalue weighted by atomic mass is 9.87. The molecule has 2 rings (SSSR count). The minimum atomic E-state index is -0.430. The zero-order valence-electron chi connectivity index (χ0n) is 13.9. The van der Waals surface area contributed by atoms with Gasteiger partial charge in [0.25, 0.3) is 5.69 Å². The Kier molecular flexibility index (Phi) is 5.50. The van der Waals surface area contributed by atoms with Gasteiger partial charge in [-0.1, -0.05) is 20.8 Å². The van der Waals surface area contributed by atoms with Crippen molar-refractivity contribution in [2.45, 2.75) is 33.4 Å². The molecule has 0 aliphatic rings. The second-order valence-corrected chi connectivity index (χ2v) is 6.96. The quantitative estimate of drug-likeness (QED) is 0.491. The van der Waals surface area contributed by atoms with Gasteiger partial charge >= 0.3 is 0 Å². The normalized spacial score (nSPS) is 12.5. The highest BCUT2D eigenvalue weighted by atomic mass is 32.1. The number of benzene rings is 1. The van der Waals surface area contributed by atoms with E-state index in [1.165, 1.54) is 12.1 Å². The number of anilines is 1. The minimum Gasteiger partial charge on any atom is -0.357 e. The van der Waals surface area contributed by atoms with Crippen molar-refractivity contribution in [2.24, 2.45) is 5.41 Å². The van der Waals surface area contributed by atoms with Crippen LogP contribution < -0.4 is 10.6 Å². The zero-order chi connectivity index (χ0) is 17.7. The van der Waals surface area contributed by atoms with Crippen molar-refractivity contribution in [1.82, 2.24) is 15.1 Å². The topological polar surface area (TPSA) is 85.0 Å². The molecule has 0 saturated carbocycles. The van der Waals surface area contributed by atoms with E-state index in [9.17, 15) is 10.1 Å². The van der Waals surface area contributed by atoms with Crippen LogP contribution in [0.1, 0.15) is 20.8 Å². The molecule has 128 valence electrons. The number of non-ortho nitro benzene ring substituents is 1. The first kappa shape index (κ1) is 17.9. The molecule has 8 heteroatoms. The molecule has 0 bridgehead atoms. The van der Waals surface area contributed by atoms with Crippen molar-refractivity contribution in [3.8, 4) is 0 Å². The van der Waals surface area contributed by atoms with Gasteiger partial charge in [-0.05, 0) is 35.8 Å². The first-order valence-electron chi connectivity index (χ1n) is 7.55. The van der Waals surface area contributed by atoms with Gasteiger partial charge in [-0.2, -0.15) is 5.10 Å². The molecule has 0 amide bonds. The van der Waals surface area contributed by atoms with Crippen LogP contribution in [-0.4, -0.2) is 25.9 Å². The van der Waals surface area contributed by atoms with Crippen LogP contribution in [0.3, 0.4) is 0 Å². The summed E-state index contributed by atoms with van der Waals surface area (Å²) in [6.45, 7) is 7.06. The van der Waals surface area contributed by atoms with Crippen molar-refractivity contribution >= 4 is 28.7 Å². The van der Waals surface area contributed by atoms with E-state index in [1.807, 2.05) is 16.9 Å². The Balaban J connectivity index is 2.00. The van der Waals surface area contributed by atoms with Crippen molar-refractivity contribution < 1.29 is 4.92 Å². The molecule has 1 atom stereocenters. The number of thiocarbonyl (C=S) groups is 1. The van der Waals surface area contributed by atoms with Gasteiger partial charge in [0.05, 0.1) is 17.5 Å². The number of nitrogens with zero attached hydrogens (tertiary/aromatic N) is 3. The fraction of sp³-hybridized carbons (Fsp3) is 0.375. The molecule has 1 aromatic carbocycles. The van der Waals surface area contributed by atoms with Crippen LogP contribution in [0.5, 0.6) is 0 Å². The molecule has 0 aliphatic heterocycles. The molecule has 0 aliphatic carbocycles. The van der Waals surface area contributed by atoms with Gasteiger partial charge in [-0.25, -0.2) is 0 Å². The monoisotopic (exact) mass is 347 g/mol. The molecular weight excluding hydrogens is 326 g/mol. The van der Waals surface area contributed by atoms with Gasteiger partial charge in [0.15, 0.2) is 5.11 Å². The van der Waals surface area contributed by atoms with E-state index in [4.69, 9.17) is 12.2 Å². The van der Waals surface area contributed by atoms with Crippen LogP contribution in [0, 0.1) is 15.5 Å². The molecule has 1 unspecified atom stereocenters. The van der Waals surface area contributed by atoms with Crippen molar-refractivity contribution in [2.75, 3.05) is 5.32 Å². The van der Waals surface area contributed by atoms with E-state index in [0.717, 1.165) is 0 Å². The SMILES string of the molecule is CC(C)(C)C(Cn1cccn1)NC(=S)Nc1ccc([N+](=O)[O-])cc1. The third-order valence-corrected chi connectivity index (χ3v) is 3.84. The third-order valence-electron chi connectivity index (χ3n) is 3.62. The first-order chi connectivity index (χ1) is 11.3. The lowest BCUT2D eigenvalue weighted by Gasteiger charge is -2.32. The van der Waals surface area contributed by atoms with E-state index >= 15 is 0 Å². The number of nitro benzene ring substituents is 1. The van der Waals surface area contributed by atoms with E-state index < -0.39 is 4.92 Å². The number of nitro groups is 1. The van der Waals surface area contributed by atoms with Gasteiger partial charge in [0.1, 0.15) is 0 Å². The van der Waals surface area contributed by atoms with E-state index in [0.29, 0.717) is 17.3 Å². The fourth-order valence-corrected chi connectivity index (χ4v) is 2.38. The number of hydrogen-bond acceptors (Lipinski definition) is 4. The van der Waals surface area contributed by atoms with Gasteiger partial charge in [0, 0.05) is 30.2 Å². The maximum absolute atomic E-state index is 10.7. The predicted molar refractivity (Wildman–Crippen MR) is 97.9 cm³/mol. The van der Waals surface area contributed by atoms with Gasteiger partial charge in [0.2, 0.25) is 0 Å². The Morgan fingerprint density at radius 3 is 2.54 bits per heavy atom. The molecule has 0 spiro atoms. The van der Waals surface area contributed by atoms with Gasteiger partial charge in [-0.15, -0.1) is 0 Å². The molecule has 24 heavy (non-hydrogen) atoms. The second kappa shape index (κ2) is 7.39. The van der Waals surface area contributed by atoms with Crippen LogP contribution in [0.2, 0.25) is 0 Å². The van der Waals surface area contributed by atoms with Crippen LogP contribution >= 0.6 is 12.2 Å². The van der Waals surface area contributed by atoms with Gasteiger partial charge < -0.3 is 10.6 Å². The summed E-state index contributed by atoms with van der Waals surface area (Å²) in [4.78, 5) is 10.2. The Morgan fingerprint density at radius 1 is 1.38 bits per heavy atom. The Hall–Kier alpha value is -2.48. The molecule has 1 aromatic heterocycles. The molecule has 0 fully saturated rings. The molecule has 7 nitrogen and oxygen atoms in total. The average Bonchev–Trinajstić information content (AvgIpc) is 2.99. The highest BCUT2D eigenvalue weighted by Gasteiger charge is 2.26. The van der Waals surface area contributed by atoms with Crippen LogP contribution in [0.15, 0.2) is 42.7 Å². The highest BCUT2D eigenvalue weighted by molar-refractivity contribution is 7.80. The van der Waals surface area contributed by atoms with Crippen LogP contribution in [0.25, 0.3) is 0 Å². The maximum atomic E-state index is 10.7. The van der Waals surface area contributed by atoms with Gasteiger partial charge in [-0.3, -0.25) is 14.8 Å². The number of rotatable bonds is 5. The summed E-state index contributed by atoms with van der Waals surface area (Å²) in [6, 6.07) is 8.09. The molecule has 1 heterocycles. The molecule has 2 aromatic rings. The number of hydrogen-bond donors (Lipinski definition) is 2. The highest BCUT2D eigenvalue weighted by Crippen LogP contribution is 2.21. The second-order valence-electron chi connectivity index (χ2n) is 6.55. The maximum Gasteiger partial charge on any atom is 0.269 e. The Morgan fingerprint density at radius 2 is 2.04 bits per heavy atom. The first-order valence-corrected chi connectivity index (χ1v) is 7.96. The largest absolute Gasteiger partial charge is 0.357 e.